The predicted octanol–water partition coefficient (Wildman–Crippen LogP) is 3.27. The number of anilines is 1. The number of hydrogen-bond acceptors (Lipinski definition) is 7. The van der Waals surface area contributed by atoms with Gasteiger partial charge in [0, 0.05) is 64.0 Å². The van der Waals surface area contributed by atoms with Crippen molar-refractivity contribution in [1.82, 2.24) is 20.0 Å². The Kier molecular flexibility index (Phi) is 8.42. The Bertz CT molecular complexity index is 1230. The molecule has 1 aromatic carbocycles. The van der Waals surface area contributed by atoms with Gasteiger partial charge in [0.1, 0.15) is 11.6 Å². The zero-order valence-corrected chi connectivity index (χ0v) is 26.1. The topological polar surface area (TPSA) is 102 Å². The zero-order valence-electron chi connectivity index (χ0n) is 26.1. The highest BCUT2D eigenvalue weighted by Crippen LogP contribution is 2.44. The van der Waals surface area contributed by atoms with E-state index >= 15 is 0 Å². The van der Waals surface area contributed by atoms with E-state index in [0.29, 0.717) is 18.4 Å². The third kappa shape index (κ3) is 6.34. The molecule has 0 aromatic heterocycles. The van der Waals surface area contributed by atoms with Gasteiger partial charge >= 0.3 is 6.09 Å². The van der Waals surface area contributed by atoms with Gasteiger partial charge in [-0.05, 0) is 83.9 Å². The molecule has 4 heterocycles. The van der Waals surface area contributed by atoms with Crippen molar-refractivity contribution in [1.29, 1.82) is 0 Å². The molecule has 0 bridgehead atoms. The molecule has 0 radical (unpaired) electrons. The maximum absolute atomic E-state index is 13.5. The number of benzene rings is 1. The number of nitrogens with one attached hydrogen (secondary N) is 1. The summed E-state index contributed by atoms with van der Waals surface area (Å²) in [7, 11) is 0. The molecule has 1 aromatic rings. The first kappa shape index (κ1) is 30.5. The van der Waals surface area contributed by atoms with Crippen molar-refractivity contribution in [2.45, 2.75) is 96.9 Å². The second-order valence-electron chi connectivity index (χ2n) is 14.1. The van der Waals surface area contributed by atoms with Crippen LogP contribution in [0.5, 0.6) is 0 Å². The second-order valence-corrected chi connectivity index (χ2v) is 14.1. The molecule has 0 saturated carbocycles. The fourth-order valence-corrected chi connectivity index (χ4v) is 6.86. The van der Waals surface area contributed by atoms with E-state index in [-0.39, 0.29) is 24.3 Å². The molecule has 0 aliphatic carbocycles. The molecule has 3 fully saturated rings. The predicted molar refractivity (Wildman–Crippen MR) is 160 cm³/mol. The lowest BCUT2D eigenvalue weighted by Crippen LogP contribution is -2.55. The summed E-state index contributed by atoms with van der Waals surface area (Å²) in [5.74, 6) is -0.187. The molecule has 10 heteroatoms. The average Bonchev–Trinajstić information content (AvgIpc) is 3.10. The normalized spacial score (nSPS) is 25.9. The van der Waals surface area contributed by atoms with Crippen molar-refractivity contribution in [3.05, 3.63) is 29.3 Å². The number of amides is 4. The van der Waals surface area contributed by atoms with E-state index in [1.54, 1.807) is 4.90 Å². The van der Waals surface area contributed by atoms with Crippen molar-refractivity contribution in [3.63, 3.8) is 0 Å². The number of ether oxygens (including phenoxy) is 1. The number of piperazine rings is 1. The van der Waals surface area contributed by atoms with Crippen LogP contribution in [0.2, 0.25) is 0 Å². The number of imide groups is 1. The molecule has 10 nitrogen and oxygen atoms in total. The summed E-state index contributed by atoms with van der Waals surface area (Å²) >= 11 is 0. The SMILES string of the molecule is C[C@H]1CN(Cc2ccc3c(c2)C(C)(C)C(=O)N3C2CCC(=O)NC2=O)CCN1CC1CCN(C(=O)OC(C)(C)C)CC1. The van der Waals surface area contributed by atoms with E-state index < -0.39 is 23.0 Å². The summed E-state index contributed by atoms with van der Waals surface area (Å²) in [6.45, 7) is 18.2. The van der Waals surface area contributed by atoms with Gasteiger partial charge in [0.15, 0.2) is 0 Å². The van der Waals surface area contributed by atoms with Gasteiger partial charge in [-0.1, -0.05) is 12.1 Å². The summed E-state index contributed by atoms with van der Waals surface area (Å²) < 4.78 is 5.55. The number of carbonyl (C=O) groups excluding carboxylic acids is 4. The van der Waals surface area contributed by atoms with Crippen LogP contribution in [0, 0.1) is 5.92 Å². The van der Waals surface area contributed by atoms with E-state index in [9.17, 15) is 19.2 Å². The van der Waals surface area contributed by atoms with Crippen LogP contribution in [-0.4, -0.2) is 95.5 Å². The lowest BCUT2D eigenvalue weighted by molar-refractivity contribution is -0.136. The van der Waals surface area contributed by atoms with Gasteiger partial charge in [0.05, 0.1) is 5.41 Å². The maximum atomic E-state index is 13.5. The van der Waals surface area contributed by atoms with E-state index in [1.165, 1.54) is 0 Å². The highest BCUT2D eigenvalue weighted by atomic mass is 16.6. The highest BCUT2D eigenvalue weighted by molar-refractivity contribution is 6.13. The smallest absolute Gasteiger partial charge is 0.410 e. The summed E-state index contributed by atoms with van der Waals surface area (Å²) in [5, 5.41) is 2.39. The fraction of sp³-hybridized carbons (Fsp3) is 0.688. The first-order valence-corrected chi connectivity index (χ1v) is 15.5. The summed E-state index contributed by atoms with van der Waals surface area (Å²) in [4.78, 5) is 58.7. The first-order valence-electron chi connectivity index (χ1n) is 15.5. The molecule has 4 amide bonds. The van der Waals surface area contributed by atoms with Crippen LogP contribution in [-0.2, 0) is 31.1 Å². The van der Waals surface area contributed by atoms with Gasteiger partial charge in [-0.15, -0.1) is 0 Å². The Morgan fingerprint density at radius 3 is 2.40 bits per heavy atom. The van der Waals surface area contributed by atoms with Gasteiger partial charge in [0.2, 0.25) is 17.7 Å². The lowest BCUT2D eigenvalue weighted by atomic mass is 9.85. The van der Waals surface area contributed by atoms with E-state index in [4.69, 9.17) is 4.74 Å². The monoisotopic (exact) mass is 581 g/mol. The van der Waals surface area contributed by atoms with E-state index in [0.717, 1.165) is 75.5 Å². The number of likely N-dealkylation sites (tertiary alicyclic amines) is 1. The zero-order chi connectivity index (χ0) is 30.4. The number of nitrogens with zero attached hydrogens (tertiary/aromatic N) is 4. The molecule has 230 valence electrons. The van der Waals surface area contributed by atoms with Crippen molar-refractivity contribution in [2.75, 3.05) is 44.2 Å². The minimum Gasteiger partial charge on any atom is -0.444 e. The Labute approximate surface area is 249 Å². The van der Waals surface area contributed by atoms with Crippen LogP contribution in [0.15, 0.2) is 18.2 Å². The molecular weight excluding hydrogens is 534 g/mol. The second kappa shape index (κ2) is 11.6. The standard InChI is InChI=1S/C32H47N5O5/c1-21-18-34(15-16-36(21)20-22-11-13-35(14-12-22)30(41)42-31(2,3)4)19-23-7-8-25-24(17-23)32(5,6)29(40)37(25)26-9-10-27(38)33-28(26)39/h7-8,17,21-22,26H,9-16,18-20H2,1-6H3,(H,33,38,39)/t21-,26?/m0/s1. The third-order valence-corrected chi connectivity index (χ3v) is 9.28. The van der Waals surface area contributed by atoms with Crippen LogP contribution < -0.4 is 10.2 Å². The van der Waals surface area contributed by atoms with Crippen molar-refractivity contribution in [3.8, 4) is 0 Å². The summed E-state index contributed by atoms with van der Waals surface area (Å²) in [6, 6.07) is 5.96. The van der Waals surface area contributed by atoms with Crippen molar-refractivity contribution >= 4 is 29.5 Å². The average molecular weight is 582 g/mol. The fourth-order valence-electron chi connectivity index (χ4n) is 6.86. The lowest BCUT2D eigenvalue weighted by Gasteiger charge is -2.42. The molecule has 5 rings (SSSR count). The molecule has 2 atom stereocenters. The molecule has 1 N–H and O–H groups in total. The van der Waals surface area contributed by atoms with Gasteiger partial charge in [-0.2, -0.15) is 0 Å². The van der Waals surface area contributed by atoms with Crippen molar-refractivity contribution in [2.24, 2.45) is 5.92 Å². The van der Waals surface area contributed by atoms with Crippen LogP contribution in [0.4, 0.5) is 10.5 Å². The van der Waals surface area contributed by atoms with Crippen molar-refractivity contribution < 1.29 is 23.9 Å². The minimum absolute atomic E-state index is 0.0942. The molecule has 4 aliphatic heterocycles. The van der Waals surface area contributed by atoms with Crippen LogP contribution in [0.25, 0.3) is 0 Å². The number of piperidine rings is 2. The molecule has 42 heavy (non-hydrogen) atoms. The summed E-state index contributed by atoms with van der Waals surface area (Å²) in [5.41, 5.74) is 1.68. The van der Waals surface area contributed by atoms with Gasteiger partial charge in [0.25, 0.3) is 0 Å². The van der Waals surface area contributed by atoms with E-state index in [1.807, 2.05) is 45.6 Å². The molecule has 0 spiro atoms. The molecule has 3 saturated heterocycles. The van der Waals surface area contributed by atoms with Crippen LogP contribution in [0.3, 0.4) is 0 Å². The number of rotatable bonds is 5. The quantitative estimate of drug-likeness (QED) is 0.533. The highest BCUT2D eigenvalue weighted by Gasteiger charge is 2.49. The van der Waals surface area contributed by atoms with Crippen LogP contribution in [0.1, 0.15) is 78.4 Å². The third-order valence-electron chi connectivity index (χ3n) is 9.28. The Morgan fingerprint density at radius 2 is 1.76 bits per heavy atom. The van der Waals surface area contributed by atoms with E-state index in [2.05, 4.69) is 34.2 Å². The number of fused-ring (bicyclic) bond motifs is 1. The van der Waals surface area contributed by atoms with Gasteiger partial charge in [-0.25, -0.2) is 4.79 Å². The number of carbonyl (C=O) groups is 4. The first-order chi connectivity index (χ1) is 19.7. The molecular formula is C32H47N5O5. The maximum Gasteiger partial charge on any atom is 0.410 e. The van der Waals surface area contributed by atoms with Crippen LogP contribution >= 0.6 is 0 Å². The van der Waals surface area contributed by atoms with Gasteiger partial charge in [-0.3, -0.25) is 34.4 Å². The Morgan fingerprint density at radius 1 is 1.05 bits per heavy atom. The largest absolute Gasteiger partial charge is 0.444 e. The molecule has 4 aliphatic rings. The number of hydrogen-bond donors (Lipinski definition) is 1. The Hall–Kier alpha value is -2.98. The minimum atomic E-state index is -0.738. The summed E-state index contributed by atoms with van der Waals surface area (Å²) in [6.07, 6.45) is 2.39. The Balaban J connectivity index is 1.16. The molecule has 1 unspecified atom stereocenters. The van der Waals surface area contributed by atoms with Gasteiger partial charge < -0.3 is 9.64 Å².